The van der Waals surface area contributed by atoms with Crippen LogP contribution in [-0.2, 0) is 13.1 Å². The lowest BCUT2D eigenvalue weighted by atomic mass is 10.2. The minimum absolute atomic E-state index is 0.125. The van der Waals surface area contributed by atoms with Crippen molar-refractivity contribution in [1.82, 2.24) is 20.6 Å². The number of nitro groups is 2. The molecule has 0 bridgehead atoms. The number of hydrogen-bond donors (Lipinski definition) is 4. The summed E-state index contributed by atoms with van der Waals surface area (Å²) in [5.41, 5.74) is 1.80. The van der Waals surface area contributed by atoms with Crippen molar-refractivity contribution >= 4 is 55.0 Å². The number of anilines is 2. The number of carbonyl (C=O) groups is 2. The number of ether oxygens (including phenoxy) is 2. The summed E-state index contributed by atoms with van der Waals surface area (Å²) in [6, 6.07) is 13.5. The quantitative estimate of drug-likeness (QED) is 0.142. The molecule has 4 rings (SSSR count). The third-order valence-electron chi connectivity index (χ3n) is 5.01. The molecular formula is C24H24N8O8S2. The van der Waals surface area contributed by atoms with Gasteiger partial charge < -0.3 is 20.1 Å². The number of nitrogens with one attached hydrogen (secondary N) is 4. The predicted octanol–water partition coefficient (Wildman–Crippen LogP) is 4.76. The second-order valence-electron chi connectivity index (χ2n) is 7.83. The van der Waals surface area contributed by atoms with Crippen molar-refractivity contribution in [3.8, 4) is 11.5 Å². The van der Waals surface area contributed by atoms with Crippen molar-refractivity contribution in [2.45, 2.75) is 13.1 Å². The van der Waals surface area contributed by atoms with Gasteiger partial charge in [-0.1, -0.05) is 24.3 Å². The molecule has 16 nitrogen and oxygen atoms in total. The standard InChI is InChI=1S/2C12H12N4O4S/c2*1-20-9-4-2-8(3-5-9)6-13-11(17)15-12-14-7-10(21-12)16(18)19/h2*2-5,7H,6H2,1H3,(H2,13,14,15,17). The van der Waals surface area contributed by atoms with Gasteiger partial charge in [0.2, 0.25) is 0 Å². The number of amides is 4. The van der Waals surface area contributed by atoms with Crippen LogP contribution in [0.2, 0.25) is 0 Å². The van der Waals surface area contributed by atoms with Gasteiger partial charge in [0.1, 0.15) is 23.9 Å². The SMILES string of the molecule is COc1ccc(CNC(=O)Nc2ncc([N+](=O)[O-])s2)cc1.COc1ccc(CNC(=O)Nc2ncc([N+](=O)[O-])s2)cc1. The fourth-order valence-electron chi connectivity index (χ4n) is 2.95. The van der Waals surface area contributed by atoms with Gasteiger partial charge in [-0.2, -0.15) is 0 Å². The lowest BCUT2D eigenvalue weighted by Gasteiger charge is -2.06. The average molecular weight is 617 g/mol. The Balaban J connectivity index is 0.000000230. The predicted molar refractivity (Wildman–Crippen MR) is 155 cm³/mol. The largest absolute Gasteiger partial charge is 0.497 e. The zero-order valence-electron chi connectivity index (χ0n) is 22.1. The molecule has 0 atom stereocenters. The van der Waals surface area contributed by atoms with Gasteiger partial charge in [-0.15, -0.1) is 0 Å². The van der Waals surface area contributed by atoms with Crippen LogP contribution in [0.3, 0.4) is 0 Å². The summed E-state index contributed by atoms with van der Waals surface area (Å²) in [6.07, 6.45) is 2.20. The van der Waals surface area contributed by atoms with Crippen LogP contribution in [0.5, 0.6) is 11.5 Å². The van der Waals surface area contributed by atoms with E-state index in [0.717, 1.165) is 57.7 Å². The van der Waals surface area contributed by atoms with Crippen LogP contribution in [0.4, 0.5) is 29.9 Å². The van der Waals surface area contributed by atoms with E-state index < -0.39 is 21.9 Å². The highest BCUT2D eigenvalue weighted by Gasteiger charge is 2.14. The van der Waals surface area contributed by atoms with Gasteiger partial charge in [-0.3, -0.25) is 30.9 Å². The molecule has 42 heavy (non-hydrogen) atoms. The molecule has 4 amide bonds. The summed E-state index contributed by atoms with van der Waals surface area (Å²) >= 11 is 1.59. The summed E-state index contributed by atoms with van der Waals surface area (Å²) in [6.45, 7) is 0.645. The molecule has 2 aromatic heterocycles. The molecule has 0 fully saturated rings. The Morgan fingerprint density at radius 3 is 1.36 bits per heavy atom. The van der Waals surface area contributed by atoms with Crippen LogP contribution < -0.4 is 30.7 Å². The number of carbonyl (C=O) groups excluding carboxylic acids is 2. The van der Waals surface area contributed by atoms with Crippen LogP contribution >= 0.6 is 22.7 Å². The van der Waals surface area contributed by atoms with Gasteiger partial charge in [0.15, 0.2) is 10.3 Å². The van der Waals surface area contributed by atoms with Crippen LogP contribution in [0.15, 0.2) is 60.9 Å². The zero-order chi connectivity index (χ0) is 30.5. The molecule has 2 heterocycles. The Bertz CT molecular complexity index is 1400. The van der Waals surface area contributed by atoms with E-state index in [0.29, 0.717) is 13.1 Å². The second kappa shape index (κ2) is 15.4. The lowest BCUT2D eigenvalue weighted by molar-refractivity contribution is -0.380. The molecule has 0 saturated heterocycles. The molecule has 2 aromatic carbocycles. The van der Waals surface area contributed by atoms with Crippen LogP contribution in [0.25, 0.3) is 0 Å². The molecule has 0 aliphatic heterocycles. The minimum Gasteiger partial charge on any atom is -0.497 e. The van der Waals surface area contributed by atoms with E-state index in [-0.39, 0.29) is 20.3 Å². The lowest BCUT2D eigenvalue weighted by Crippen LogP contribution is -2.28. The Hall–Kier alpha value is -5.36. The first kappa shape index (κ1) is 31.2. The van der Waals surface area contributed by atoms with E-state index in [1.807, 2.05) is 24.3 Å². The number of rotatable bonds is 10. The molecule has 0 aliphatic rings. The molecule has 0 unspecified atom stereocenters. The zero-order valence-corrected chi connectivity index (χ0v) is 23.7. The Morgan fingerprint density at radius 1 is 0.714 bits per heavy atom. The summed E-state index contributed by atoms with van der Waals surface area (Å²) in [7, 11) is 3.15. The number of thiazole rings is 2. The maximum Gasteiger partial charge on any atom is 0.345 e. The molecule has 0 aliphatic carbocycles. The summed E-state index contributed by atoms with van der Waals surface area (Å²) in [5.74, 6) is 1.47. The van der Waals surface area contributed by atoms with Crippen molar-refractivity contribution in [3.05, 3.63) is 92.3 Å². The van der Waals surface area contributed by atoms with E-state index in [4.69, 9.17) is 9.47 Å². The summed E-state index contributed by atoms with van der Waals surface area (Å²) in [4.78, 5) is 50.6. The highest BCUT2D eigenvalue weighted by molar-refractivity contribution is 7.19. The van der Waals surface area contributed by atoms with Crippen LogP contribution in [0.1, 0.15) is 11.1 Å². The molecule has 4 N–H and O–H groups in total. The topological polar surface area (TPSA) is 213 Å². The van der Waals surface area contributed by atoms with E-state index in [1.54, 1.807) is 38.5 Å². The van der Waals surface area contributed by atoms with Gasteiger partial charge in [0.05, 0.1) is 24.1 Å². The van der Waals surface area contributed by atoms with Gasteiger partial charge in [-0.25, -0.2) is 19.6 Å². The number of nitrogens with zero attached hydrogens (tertiary/aromatic N) is 4. The first-order valence-electron chi connectivity index (χ1n) is 11.7. The highest BCUT2D eigenvalue weighted by atomic mass is 32.1. The Morgan fingerprint density at radius 2 is 1.07 bits per heavy atom. The average Bonchev–Trinajstić information content (AvgIpc) is 3.66. The number of benzene rings is 2. The first-order chi connectivity index (χ1) is 20.2. The monoisotopic (exact) mass is 616 g/mol. The molecule has 4 aromatic rings. The number of aromatic nitrogens is 2. The fraction of sp³-hybridized carbons (Fsp3) is 0.167. The molecule has 0 spiro atoms. The Labute approximate surface area is 246 Å². The van der Waals surface area contributed by atoms with E-state index in [9.17, 15) is 29.8 Å². The van der Waals surface area contributed by atoms with Gasteiger partial charge >= 0.3 is 22.1 Å². The van der Waals surface area contributed by atoms with Crippen molar-refractivity contribution in [2.24, 2.45) is 0 Å². The van der Waals surface area contributed by atoms with Crippen LogP contribution in [0, 0.1) is 20.2 Å². The molecule has 0 radical (unpaired) electrons. The minimum atomic E-state index is -0.557. The molecular weight excluding hydrogens is 592 g/mol. The summed E-state index contributed by atoms with van der Waals surface area (Å²) < 4.78 is 10.1. The van der Waals surface area contributed by atoms with Gasteiger partial charge in [0, 0.05) is 13.1 Å². The van der Waals surface area contributed by atoms with Crippen molar-refractivity contribution in [1.29, 1.82) is 0 Å². The fourth-order valence-corrected chi connectivity index (χ4v) is 4.20. The van der Waals surface area contributed by atoms with Crippen molar-refractivity contribution in [3.63, 3.8) is 0 Å². The second-order valence-corrected chi connectivity index (χ2v) is 9.85. The maximum atomic E-state index is 11.6. The van der Waals surface area contributed by atoms with Gasteiger partial charge in [0.25, 0.3) is 0 Å². The number of urea groups is 2. The first-order valence-corrected chi connectivity index (χ1v) is 13.4. The van der Waals surface area contributed by atoms with Crippen molar-refractivity contribution in [2.75, 3.05) is 24.9 Å². The third kappa shape index (κ3) is 9.99. The molecule has 18 heteroatoms. The Kier molecular flexibility index (Phi) is 11.5. The van der Waals surface area contributed by atoms with E-state index in [1.165, 1.54) is 0 Å². The number of methoxy groups -OCH3 is 2. The van der Waals surface area contributed by atoms with Gasteiger partial charge in [-0.05, 0) is 58.1 Å². The van der Waals surface area contributed by atoms with Crippen molar-refractivity contribution < 1.29 is 28.9 Å². The van der Waals surface area contributed by atoms with E-state index in [2.05, 4.69) is 31.2 Å². The molecule has 0 saturated carbocycles. The third-order valence-corrected chi connectivity index (χ3v) is 6.74. The summed E-state index contributed by atoms with van der Waals surface area (Å²) in [5, 5.41) is 31.2. The smallest absolute Gasteiger partial charge is 0.345 e. The maximum absolute atomic E-state index is 11.6. The molecule has 220 valence electrons. The number of hydrogen-bond acceptors (Lipinski definition) is 12. The highest BCUT2D eigenvalue weighted by Crippen LogP contribution is 2.25. The van der Waals surface area contributed by atoms with E-state index >= 15 is 0 Å². The normalized spacial score (nSPS) is 9.95. The van der Waals surface area contributed by atoms with Crippen LogP contribution in [-0.4, -0.2) is 46.1 Å².